The van der Waals surface area contributed by atoms with Gasteiger partial charge in [-0.1, -0.05) is 6.08 Å². The van der Waals surface area contributed by atoms with Crippen LogP contribution in [0.25, 0.3) is 6.08 Å². The van der Waals surface area contributed by atoms with Crippen molar-refractivity contribution in [1.29, 1.82) is 0 Å². The van der Waals surface area contributed by atoms with Crippen LogP contribution >= 0.6 is 0 Å². The third kappa shape index (κ3) is 6.15. The molecular formula is C24H30O4. The summed E-state index contributed by atoms with van der Waals surface area (Å²) in [7, 11) is 0. The zero-order chi connectivity index (χ0) is 20.7. The van der Waals surface area contributed by atoms with E-state index in [9.17, 15) is 4.79 Å². The molecule has 4 nitrogen and oxygen atoms in total. The van der Waals surface area contributed by atoms with E-state index in [0.29, 0.717) is 12.2 Å². The Labute approximate surface area is 168 Å². The summed E-state index contributed by atoms with van der Waals surface area (Å²) in [6.45, 7) is 12.4. The molecule has 0 radical (unpaired) electrons. The summed E-state index contributed by atoms with van der Waals surface area (Å²) in [5.74, 6) is 2.18. The number of carbonyl (C=O) groups is 1. The summed E-state index contributed by atoms with van der Waals surface area (Å²) in [5, 5.41) is 0. The molecule has 0 amide bonds. The van der Waals surface area contributed by atoms with Crippen LogP contribution in [0.4, 0.5) is 0 Å². The van der Waals surface area contributed by atoms with Crippen LogP contribution in [0.5, 0.6) is 17.2 Å². The standard InChI is InChI=1S/C24H30O4/c1-7-26-21-11-8-19(9-12-21)23(25)13-10-20-14-22(27-16(2)3)15-24(18(20)6)28-17(4)5/h8-17H,7H2,1-6H3. The number of ketones is 1. The Kier molecular flexibility index (Phi) is 7.68. The Hall–Kier alpha value is -2.75. The highest BCUT2D eigenvalue weighted by Gasteiger charge is 2.11. The normalized spacial score (nSPS) is 11.3. The molecule has 0 aliphatic heterocycles. The fourth-order valence-electron chi connectivity index (χ4n) is 2.72. The topological polar surface area (TPSA) is 44.8 Å². The van der Waals surface area contributed by atoms with Gasteiger partial charge in [0.1, 0.15) is 17.2 Å². The number of benzene rings is 2. The molecule has 0 spiro atoms. The minimum atomic E-state index is -0.0658. The molecule has 0 N–H and O–H groups in total. The third-order valence-electron chi connectivity index (χ3n) is 3.97. The van der Waals surface area contributed by atoms with Gasteiger partial charge in [0.05, 0.1) is 18.8 Å². The third-order valence-corrected chi connectivity index (χ3v) is 3.97. The highest BCUT2D eigenvalue weighted by atomic mass is 16.5. The van der Waals surface area contributed by atoms with Crippen LogP contribution in [0.3, 0.4) is 0 Å². The van der Waals surface area contributed by atoms with Gasteiger partial charge in [-0.05, 0) is 89.1 Å². The van der Waals surface area contributed by atoms with E-state index in [1.165, 1.54) is 0 Å². The molecule has 2 rings (SSSR count). The molecule has 150 valence electrons. The number of rotatable bonds is 9. The van der Waals surface area contributed by atoms with Crippen LogP contribution in [0.15, 0.2) is 42.5 Å². The molecule has 0 heterocycles. The van der Waals surface area contributed by atoms with Gasteiger partial charge in [0.2, 0.25) is 0 Å². The summed E-state index contributed by atoms with van der Waals surface area (Å²) in [5.41, 5.74) is 2.49. The van der Waals surface area contributed by atoms with Crippen molar-refractivity contribution in [2.45, 2.75) is 53.8 Å². The minimum absolute atomic E-state index is 0.0512. The lowest BCUT2D eigenvalue weighted by Gasteiger charge is -2.17. The Balaban J connectivity index is 2.28. The first-order valence-corrected chi connectivity index (χ1v) is 9.73. The van der Waals surface area contributed by atoms with E-state index >= 15 is 0 Å². The molecule has 0 aliphatic rings. The van der Waals surface area contributed by atoms with Crippen molar-refractivity contribution in [3.63, 3.8) is 0 Å². The Morgan fingerprint density at radius 2 is 1.61 bits per heavy atom. The maximum atomic E-state index is 12.5. The molecule has 0 unspecified atom stereocenters. The first kappa shape index (κ1) is 21.5. The molecule has 2 aromatic rings. The highest BCUT2D eigenvalue weighted by molar-refractivity contribution is 6.07. The highest BCUT2D eigenvalue weighted by Crippen LogP contribution is 2.30. The molecule has 4 heteroatoms. The quantitative estimate of drug-likeness (QED) is 0.402. The number of hydrogen-bond donors (Lipinski definition) is 0. The van der Waals surface area contributed by atoms with E-state index in [2.05, 4.69) is 0 Å². The van der Waals surface area contributed by atoms with Crippen molar-refractivity contribution in [3.8, 4) is 17.2 Å². The van der Waals surface area contributed by atoms with Gasteiger partial charge in [-0.25, -0.2) is 0 Å². The van der Waals surface area contributed by atoms with Crippen LogP contribution in [0, 0.1) is 6.92 Å². The van der Waals surface area contributed by atoms with Crippen molar-refractivity contribution in [2.24, 2.45) is 0 Å². The molecule has 2 aromatic carbocycles. The fourth-order valence-corrected chi connectivity index (χ4v) is 2.72. The van der Waals surface area contributed by atoms with Crippen molar-refractivity contribution in [2.75, 3.05) is 6.61 Å². The molecule has 0 saturated carbocycles. The molecule has 0 bridgehead atoms. The van der Waals surface area contributed by atoms with Crippen LogP contribution in [-0.4, -0.2) is 24.6 Å². The Bertz CT molecular complexity index is 817. The van der Waals surface area contributed by atoms with Crippen molar-refractivity contribution in [1.82, 2.24) is 0 Å². The SMILES string of the molecule is CCOc1ccc(C(=O)C=Cc2cc(OC(C)C)cc(OC(C)C)c2C)cc1. The first-order valence-electron chi connectivity index (χ1n) is 9.73. The predicted molar refractivity (Wildman–Crippen MR) is 114 cm³/mol. The van der Waals surface area contributed by atoms with Gasteiger partial charge in [0.15, 0.2) is 5.78 Å². The summed E-state index contributed by atoms with van der Waals surface area (Å²) in [6.07, 6.45) is 3.50. The van der Waals surface area contributed by atoms with Crippen LogP contribution in [0.1, 0.15) is 56.1 Å². The smallest absolute Gasteiger partial charge is 0.185 e. The molecule has 28 heavy (non-hydrogen) atoms. The summed E-state index contributed by atoms with van der Waals surface area (Å²) in [4.78, 5) is 12.5. The molecule has 0 fully saturated rings. The Morgan fingerprint density at radius 3 is 2.18 bits per heavy atom. The maximum absolute atomic E-state index is 12.5. The second-order valence-electron chi connectivity index (χ2n) is 7.12. The lowest BCUT2D eigenvalue weighted by atomic mass is 10.0. The molecule has 0 saturated heterocycles. The average Bonchev–Trinajstić information content (AvgIpc) is 2.63. The van der Waals surface area contributed by atoms with Gasteiger partial charge in [0.25, 0.3) is 0 Å². The zero-order valence-corrected chi connectivity index (χ0v) is 17.6. The van der Waals surface area contributed by atoms with E-state index < -0.39 is 0 Å². The number of hydrogen-bond acceptors (Lipinski definition) is 4. The number of allylic oxidation sites excluding steroid dienone is 1. The van der Waals surface area contributed by atoms with E-state index in [1.807, 2.05) is 71.9 Å². The molecule has 0 aliphatic carbocycles. The van der Waals surface area contributed by atoms with Gasteiger partial charge in [-0.2, -0.15) is 0 Å². The second kappa shape index (κ2) is 9.98. The lowest BCUT2D eigenvalue weighted by Crippen LogP contribution is -2.09. The largest absolute Gasteiger partial charge is 0.494 e. The van der Waals surface area contributed by atoms with Gasteiger partial charge in [-0.3, -0.25) is 4.79 Å². The fraction of sp³-hybridized carbons (Fsp3) is 0.375. The van der Waals surface area contributed by atoms with Gasteiger partial charge in [0, 0.05) is 11.6 Å². The minimum Gasteiger partial charge on any atom is -0.494 e. The van der Waals surface area contributed by atoms with Crippen molar-refractivity contribution >= 4 is 11.9 Å². The molecular weight excluding hydrogens is 352 g/mol. The van der Waals surface area contributed by atoms with E-state index in [4.69, 9.17) is 14.2 Å². The van der Waals surface area contributed by atoms with Gasteiger partial charge in [-0.15, -0.1) is 0 Å². The lowest BCUT2D eigenvalue weighted by molar-refractivity contribution is 0.104. The van der Waals surface area contributed by atoms with Crippen LogP contribution in [0.2, 0.25) is 0 Å². The van der Waals surface area contributed by atoms with E-state index in [0.717, 1.165) is 28.4 Å². The number of carbonyl (C=O) groups excluding carboxylic acids is 1. The Morgan fingerprint density at radius 1 is 0.964 bits per heavy atom. The van der Waals surface area contributed by atoms with Crippen molar-refractivity contribution in [3.05, 3.63) is 59.2 Å². The van der Waals surface area contributed by atoms with Crippen LogP contribution in [-0.2, 0) is 0 Å². The van der Waals surface area contributed by atoms with E-state index in [1.54, 1.807) is 18.2 Å². The van der Waals surface area contributed by atoms with Gasteiger partial charge < -0.3 is 14.2 Å². The van der Waals surface area contributed by atoms with Crippen molar-refractivity contribution < 1.29 is 19.0 Å². The maximum Gasteiger partial charge on any atom is 0.185 e. The summed E-state index contributed by atoms with van der Waals surface area (Å²) in [6, 6.07) is 11.0. The molecule has 0 atom stereocenters. The summed E-state index contributed by atoms with van der Waals surface area (Å²) >= 11 is 0. The number of ether oxygens (including phenoxy) is 3. The second-order valence-corrected chi connectivity index (χ2v) is 7.12. The van der Waals surface area contributed by atoms with Gasteiger partial charge >= 0.3 is 0 Å². The predicted octanol–water partition coefficient (Wildman–Crippen LogP) is 5.86. The average molecular weight is 383 g/mol. The first-order chi connectivity index (χ1) is 13.3. The monoisotopic (exact) mass is 382 g/mol. The summed E-state index contributed by atoms with van der Waals surface area (Å²) < 4.78 is 17.2. The molecule has 0 aromatic heterocycles. The van der Waals surface area contributed by atoms with E-state index in [-0.39, 0.29) is 18.0 Å². The van der Waals surface area contributed by atoms with Crippen LogP contribution < -0.4 is 14.2 Å². The zero-order valence-electron chi connectivity index (χ0n) is 17.6.